The smallest absolute Gasteiger partial charge is 0.117 e. The van der Waals surface area contributed by atoms with Gasteiger partial charge in [-0.1, -0.05) is 27.2 Å². The Labute approximate surface area is 116 Å². The van der Waals surface area contributed by atoms with Crippen molar-refractivity contribution >= 4 is 0 Å². The van der Waals surface area contributed by atoms with Crippen LogP contribution in [0.3, 0.4) is 0 Å². The van der Waals surface area contributed by atoms with Crippen LogP contribution in [0.2, 0.25) is 0 Å². The van der Waals surface area contributed by atoms with Crippen LogP contribution in [0.25, 0.3) is 0 Å². The zero-order valence-corrected chi connectivity index (χ0v) is 12.4. The fourth-order valence-corrected chi connectivity index (χ4v) is 3.21. The van der Waals surface area contributed by atoms with Crippen molar-refractivity contribution in [1.29, 1.82) is 0 Å². The molecule has 2 unspecified atom stereocenters. The second-order valence-corrected chi connectivity index (χ2v) is 6.49. The number of hydrogen-bond donors (Lipinski definition) is 1. The van der Waals surface area contributed by atoms with E-state index in [0.29, 0.717) is 5.92 Å². The zero-order chi connectivity index (χ0) is 13.9. The van der Waals surface area contributed by atoms with Crippen LogP contribution in [-0.2, 0) is 6.54 Å². The molecule has 1 aromatic heterocycles. The molecular weight excluding hydrogens is 238 g/mol. The lowest BCUT2D eigenvalue weighted by Crippen LogP contribution is -2.44. The van der Waals surface area contributed by atoms with E-state index >= 15 is 0 Å². The molecule has 108 valence electrons. The van der Waals surface area contributed by atoms with Gasteiger partial charge in [0.05, 0.1) is 18.9 Å². The Kier molecular flexibility index (Phi) is 4.69. The van der Waals surface area contributed by atoms with E-state index in [4.69, 9.17) is 4.42 Å². The average Bonchev–Trinajstić information content (AvgIpc) is 2.86. The van der Waals surface area contributed by atoms with Crippen LogP contribution in [-0.4, -0.2) is 29.2 Å². The minimum absolute atomic E-state index is 0.0625. The minimum Gasteiger partial charge on any atom is -0.468 e. The number of aliphatic hydroxyl groups is 1. The highest BCUT2D eigenvalue weighted by molar-refractivity contribution is 4.98. The topological polar surface area (TPSA) is 36.6 Å². The van der Waals surface area contributed by atoms with Gasteiger partial charge in [-0.3, -0.25) is 4.90 Å². The Bertz CT molecular complexity index is 372. The lowest BCUT2D eigenvalue weighted by atomic mass is 9.69. The molecule has 0 bridgehead atoms. The normalized spacial score (nSPS) is 26.8. The van der Waals surface area contributed by atoms with Crippen molar-refractivity contribution in [2.24, 2.45) is 11.3 Å². The van der Waals surface area contributed by atoms with E-state index in [-0.39, 0.29) is 11.5 Å². The lowest BCUT2D eigenvalue weighted by molar-refractivity contribution is -0.0437. The highest BCUT2D eigenvalue weighted by Crippen LogP contribution is 2.39. The van der Waals surface area contributed by atoms with Crippen LogP contribution in [0.4, 0.5) is 0 Å². The Morgan fingerprint density at radius 1 is 1.47 bits per heavy atom. The van der Waals surface area contributed by atoms with Crippen LogP contribution >= 0.6 is 0 Å². The largest absolute Gasteiger partial charge is 0.468 e. The van der Waals surface area contributed by atoms with Gasteiger partial charge in [-0.25, -0.2) is 0 Å². The molecule has 1 aromatic rings. The molecule has 2 rings (SSSR count). The summed E-state index contributed by atoms with van der Waals surface area (Å²) in [5.41, 5.74) is 0.0625. The van der Waals surface area contributed by atoms with Gasteiger partial charge in [0.1, 0.15) is 5.76 Å². The molecule has 0 aromatic carbocycles. The highest BCUT2D eigenvalue weighted by atomic mass is 16.3. The number of nitrogens with zero attached hydrogens (tertiary/aromatic N) is 1. The van der Waals surface area contributed by atoms with E-state index < -0.39 is 0 Å². The van der Waals surface area contributed by atoms with Crippen LogP contribution in [0.5, 0.6) is 0 Å². The predicted octanol–water partition coefficient (Wildman–Crippen LogP) is 3.29. The average molecular weight is 265 g/mol. The fraction of sp³-hybridized carbons (Fsp3) is 0.750. The second-order valence-electron chi connectivity index (χ2n) is 6.49. The molecular formula is C16H27NO2. The third-order valence-electron chi connectivity index (χ3n) is 4.54. The van der Waals surface area contributed by atoms with Crippen LogP contribution in [0.1, 0.15) is 45.8 Å². The molecule has 1 aliphatic carbocycles. The summed E-state index contributed by atoms with van der Waals surface area (Å²) in [6.07, 6.45) is 5.04. The molecule has 2 atom stereocenters. The summed E-state index contributed by atoms with van der Waals surface area (Å²) in [6, 6.07) is 3.95. The van der Waals surface area contributed by atoms with Crippen LogP contribution in [0, 0.1) is 11.3 Å². The Morgan fingerprint density at radius 3 is 2.89 bits per heavy atom. The fourth-order valence-electron chi connectivity index (χ4n) is 3.21. The quantitative estimate of drug-likeness (QED) is 0.887. The van der Waals surface area contributed by atoms with Crippen LogP contribution < -0.4 is 0 Å². The monoisotopic (exact) mass is 265 g/mol. The van der Waals surface area contributed by atoms with Crippen LogP contribution in [0.15, 0.2) is 22.8 Å². The molecule has 0 amide bonds. The number of hydrogen-bond acceptors (Lipinski definition) is 3. The van der Waals surface area contributed by atoms with Crippen molar-refractivity contribution in [2.75, 3.05) is 13.1 Å². The maximum absolute atomic E-state index is 10.5. The molecule has 19 heavy (non-hydrogen) atoms. The van der Waals surface area contributed by atoms with E-state index in [9.17, 15) is 5.11 Å². The maximum Gasteiger partial charge on any atom is 0.117 e. The van der Waals surface area contributed by atoms with Crippen molar-refractivity contribution in [2.45, 2.75) is 52.7 Å². The Morgan fingerprint density at radius 2 is 2.26 bits per heavy atom. The van der Waals surface area contributed by atoms with Crippen molar-refractivity contribution in [3.05, 3.63) is 24.2 Å². The Balaban J connectivity index is 1.94. The second kappa shape index (κ2) is 6.10. The summed E-state index contributed by atoms with van der Waals surface area (Å²) in [5, 5.41) is 10.5. The number of rotatable bonds is 5. The minimum atomic E-state index is -0.188. The molecule has 1 fully saturated rings. The van der Waals surface area contributed by atoms with E-state index in [1.807, 2.05) is 12.1 Å². The third-order valence-corrected chi connectivity index (χ3v) is 4.54. The van der Waals surface area contributed by atoms with Crippen molar-refractivity contribution in [1.82, 2.24) is 4.90 Å². The van der Waals surface area contributed by atoms with Gasteiger partial charge in [-0.05, 0) is 42.9 Å². The predicted molar refractivity (Wildman–Crippen MR) is 76.8 cm³/mol. The van der Waals surface area contributed by atoms with Gasteiger partial charge in [0, 0.05) is 6.54 Å². The molecule has 3 nitrogen and oxygen atoms in total. The third kappa shape index (κ3) is 3.61. The highest BCUT2D eigenvalue weighted by Gasteiger charge is 2.38. The van der Waals surface area contributed by atoms with Gasteiger partial charge in [-0.2, -0.15) is 0 Å². The molecule has 0 saturated heterocycles. The van der Waals surface area contributed by atoms with E-state index in [1.165, 1.54) is 6.42 Å². The van der Waals surface area contributed by atoms with Crippen molar-refractivity contribution in [3.8, 4) is 0 Å². The van der Waals surface area contributed by atoms with Gasteiger partial charge in [0.15, 0.2) is 0 Å². The molecule has 1 heterocycles. The molecule has 0 aliphatic heterocycles. The summed E-state index contributed by atoms with van der Waals surface area (Å²) >= 11 is 0. The first kappa shape index (κ1) is 14.6. The maximum atomic E-state index is 10.5. The Hall–Kier alpha value is -0.800. The molecule has 1 aliphatic rings. The van der Waals surface area contributed by atoms with Crippen molar-refractivity contribution in [3.63, 3.8) is 0 Å². The molecule has 0 spiro atoms. The van der Waals surface area contributed by atoms with Gasteiger partial charge in [0.25, 0.3) is 0 Å². The molecule has 1 saturated carbocycles. The summed E-state index contributed by atoms with van der Waals surface area (Å²) in [7, 11) is 0. The van der Waals surface area contributed by atoms with E-state index in [1.54, 1.807) is 6.26 Å². The van der Waals surface area contributed by atoms with E-state index in [2.05, 4.69) is 25.7 Å². The molecule has 3 heteroatoms. The van der Waals surface area contributed by atoms with Gasteiger partial charge in [0.2, 0.25) is 0 Å². The summed E-state index contributed by atoms with van der Waals surface area (Å²) in [4.78, 5) is 2.37. The SMILES string of the molecule is CCN(Cc1ccco1)CC1CCCC(C)(C)C1O. The first-order chi connectivity index (χ1) is 9.03. The summed E-state index contributed by atoms with van der Waals surface area (Å²) < 4.78 is 5.42. The molecule has 1 N–H and O–H groups in total. The van der Waals surface area contributed by atoms with Crippen molar-refractivity contribution < 1.29 is 9.52 Å². The summed E-state index contributed by atoms with van der Waals surface area (Å²) in [6.45, 7) is 9.34. The number of furan rings is 1. The van der Waals surface area contributed by atoms with Gasteiger partial charge in [-0.15, -0.1) is 0 Å². The first-order valence-electron chi connectivity index (χ1n) is 7.45. The molecule has 0 radical (unpaired) electrons. The zero-order valence-electron chi connectivity index (χ0n) is 12.4. The van der Waals surface area contributed by atoms with E-state index in [0.717, 1.165) is 38.2 Å². The van der Waals surface area contributed by atoms with Gasteiger partial charge < -0.3 is 9.52 Å². The summed E-state index contributed by atoms with van der Waals surface area (Å²) in [5.74, 6) is 1.39. The lowest BCUT2D eigenvalue weighted by Gasteiger charge is -2.42. The van der Waals surface area contributed by atoms with Gasteiger partial charge >= 0.3 is 0 Å². The first-order valence-corrected chi connectivity index (χ1v) is 7.45. The number of aliphatic hydroxyl groups excluding tert-OH is 1. The standard InChI is InChI=1S/C16H27NO2/c1-4-17(12-14-8-6-10-19-14)11-13-7-5-9-16(2,3)15(13)18/h6,8,10,13,15,18H,4-5,7,9,11-12H2,1-3H3.